The van der Waals surface area contributed by atoms with Gasteiger partial charge in [0.15, 0.2) is 9.84 Å². The smallest absolute Gasteiger partial charge is 0.151 e. The van der Waals surface area contributed by atoms with Crippen LogP contribution in [0.2, 0.25) is 0 Å². The SMILES string of the molecule is O=S1(=O)CC[C@H](NCc2ccccc2F)C1. The highest BCUT2D eigenvalue weighted by Crippen LogP contribution is 2.13. The first kappa shape index (κ1) is 11.5. The fourth-order valence-corrected chi connectivity index (χ4v) is 3.56. The highest BCUT2D eigenvalue weighted by atomic mass is 32.2. The molecule has 0 aromatic heterocycles. The van der Waals surface area contributed by atoms with Crippen molar-refractivity contribution in [2.45, 2.75) is 19.0 Å². The Balaban J connectivity index is 1.92. The molecule has 0 bridgehead atoms. The number of rotatable bonds is 3. The van der Waals surface area contributed by atoms with Crippen molar-refractivity contribution in [1.82, 2.24) is 5.32 Å². The van der Waals surface area contributed by atoms with Gasteiger partial charge in [0, 0.05) is 18.2 Å². The van der Waals surface area contributed by atoms with Crippen molar-refractivity contribution in [2.75, 3.05) is 11.5 Å². The Labute approximate surface area is 94.6 Å². The largest absolute Gasteiger partial charge is 0.309 e. The summed E-state index contributed by atoms with van der Waals surface area (Å²) in [5, 5.41) is 3.08. The molecule has 0 spiro atoms. The third-order valence-corrected chi connectivity index (χ3v) is 4.54. The molecule has 0 aliphatic carbocycles. The van der Waals surface area contributed by atoms with Gasteiger partial charge in [-0.1, -0.05) is 18.2 Å². The van der Waals surface area contributed by atoms with Gasteiger partial charge in [0.25, 0.3) is 0 Å². The highest BCUT2D eigenvalue weighted by Gasteiger charge is 2.27. The molecular formula is C11H14FNO2S. The minimum absolute atomic E-state index is 0.0374. The van der Waals surface area contributed by atoms with E-state index >= 15 is 0 Å². The van der Waals surface area contributed by atoms with Crippen LogP contribution in [0.1, 0.15) is 12.0 Å². The first-order valence-corrected chi connectivity index (χ1v) is 7.06. The second-order valence-electron chi connectivity index (χ2n) is 4.07. The molecule has 16 heavy (non-hydrogen) atoms. The minimum atomic E-state index is -2.87. The van der Waals surface area contributed by atoms with E-state index in [1.54, 1.807) is 18.2 Å². The van der Waals surface area contributed by atoms with Crippen LogP contribution in [0, 0.1) is 5.82 Å². The Hall–Kier alpha value is -0.940. The average molecular weight is 243 g/mol. The summed E-state index contributed by atoms with van der Waals surface area (Å²) in [6.07, 6.45) is 0.622. The molecule has 2 rings (SSSR count). The summed E-state index contributed by atoms with van der Waals surface area (Å²) < 4.78 is 35.7. The molecule has 1 heterocycles. The zero-order valence-corrected chi connectivity index (χ0v) is 9.63. The van der Waals surface area contributed by atoms with E-state index in [1.165, 1.54) is 6.07 Å². The second-order valence-corrected chi connectivity index (χ2v) is 6.30. The molecule has 1 N–H and O–H groups in total. The van der Waals surface area contributed by atoms with Crippen molar-refractivity contribution in [2.24, 2.45) is 0 Å². The maximum atomic E-state index is 13.3. The molecule has 3 nitrogen and oxygen atoms in total. The molecule has 0 radical (unpaired) electrons. The van der Waals surface area contributed by atoms with Crippen LogP contribution in [-0.2, 0) is 16.4 Å². The molecule has 0 unspecified atom stereocenters. The fourth-order valence-electron chi connectivity index (χ4n) is 1.85. The van der Waals surface area contributed by atoms with Gasteiger partial charge in [-0.25, -0.2) is 12.8 Å². The summed E-state index contributed by atoms with van der Waals surface area (Å²) in [4.78, 5) is 0. The van der Waals surface area contributed by atoms with E-state index < -0.39 is 9.84 Å². The number of hydrogen-bond acceptors (Lipinski definition) is 3. The third kappa shape index (κ3) is 2.80. The summed E-state index contributed by atoms with van der Waals surface area (Å²) in [5.41, 5.74) is 0.576. The highest BCUT2D eigenvalue weighted by molar-refractivity contribution is 7.91. The molecule has 1 saturated heterocycles. The molecule has 1 atom stereocenters. The monoisotopic (exact) mass is 243 g/mol. The second kappa shape index (κ2) is 4.51. The van der Waals surface area contributed by atoms with Crippen LogP contribution in [0.25, 0.3) is 0 Å². The van der Waals surface area contributed by atoms with E-state index in [4.69, 9.17) is 0 Å². The first-order valence-electron chi connectivity index (χ1n) is 5.24. The van der Waals surface area contributed by atoms with Crippen LogP contribution in [0.5, 0.6) is 0 Å². The van der Waals surface area contributed by atoms with Crippen LogP contribution >= 0.6 is 0 Å². The van der Waals surface area contributed by atoms with Crippen LogP contribution in [0.15, 0.2) is 24.3 Å². The van der Waals surface area contributed by atoms with Gasteiger partial charge in [0.05, 0.1) is 11.5 Å². The summed E-state index contributed by atoms with van der Waals surface area (Å²) in [7, 11) is -2.87. The van der Waals surface area contributed by atoms with Gasteiger partial charge in [-0.15, -0.1) is 0 Å². The molecule has 0 saturated carbocycles. The molecule has 1 aliphatic heterocycles. The molecule has 1 aliphatic rings. The van der Waals surface area contributed by atoms with Crippen molar-refractivity contribution < 1.29 is 12.8 Å². The minimum Gasteiger partial charge on any atom is -0.309 e. The van der Waals surface area contributed by atoms with Crippen molar-refractivity contribution in [1.29, 1.82) is 0 Å². The van der Waals surface area contributed by atoms with E-state index in [-0.39, 0.29) is 23.4 Å². The lowest BCUT2D eigenvalue weighted by Crippen LogP contribution is -2.29. The summed E-state index contributed by atoms with van der Waals surface area (Å²) in [6, 6.07) is 6.48. The van der Waals surface area contributed by atoms with Crippen LogP contribution in [0.4, 0.5) is 4.39 Å². The molecule has 88 valence electrons. The molecule has 0 amide bonds. The van der Waals surface area contributed by atoms with Gasteiger partial charge in [0.2, 0.25) is 0 Å². The van der Waals surface area contributed by atoms with E-state index in [9.17, 15) is 12.8 Å². The maximum Gasteiger partial charge on any atom is 0.151 e. The van der Waals surface area contributed by atoms with Crippen LogP contribution in [0.3, 0.4) is 0 Å². The van der Waals surface area contributed by atoms with Crippen molar-refractivity contribution >= 4 is 9.84 Å². The zero-order valence-electron chi connectivity index (χ0n) is 8.82. The summed E-state index contributed by atoms with van der Waals surface area (Å²) >= 11 is 0. The van der Waals surface area contributed by atoms with Gasteiger partial charge >= 0.3 is 0 Å². The first-order chi connectivity index (χ1) is 7.57. The van der Waals surface area contributed by atoms with E-state index in [1.807, 2.05) is 0 Å². The summed E-state index contributed by atoms with van der Waals surface area (Å²) in [6.45, 7) is 0.382. The number of nitrogens with one attached hydrogen (secondary N) is 1. The lowest BCUT2D eigenvalue weighted by molar-refractivity contribution is 0.532. The molecule has 1 aromatic carbocycles. The van der Waals surface area contributed by atoms with Crippen molar-refractivity contribution in [3.63, 3.8) is 0 Å². The number of benzene rings is 1. The third-order valence-electron chi connectivity index (χ3n) is 2.77. The molecule has 1 fully saturated rings. The van der Waals surface area contributed by atoms with Gasteiger partial charge in [-0.05, 0) is 12.5 Å². The van der Waals surface area contributed by atoms with E-state index in [2.05, 4.69) is 5.32 Å². The predicted octanol–water partition coefficient (Wildman–Crippen LogP) is 1.10. The van der Waals surface area contributed by atoms with Gasteiger partial charge < -0.3 is 5.32 Å². The fraction of sp³-hybridized carbons (Fsp3) is 0.455. The summed E-state index contributed by atoms with van der Waals surface area (Å²) in [5.74, 6) is 0.152. The lowest BCUT2D eigenvalue weighted by Gasteiger charge is -2.10. The van der Waals surface area contributed by atoms with Crippen molar-refractivity contribution in [3.05, 3.63) is 35.6 Å². The van der Waals surface area contributed by atoms with Crippen molar-refractivity contribution in [3.8, 4) is 0 Å². The molecular weight excluding hydrogens is 229 g/mol. The maximum absolute atomic E-state index is 13.3. The number of halogens is 1. The Morgan fingerprint density at radius 2 is 2.12 bits per heavy atom. The van der Waals surface area contributed by atoms with Crippen LogP contribution in [-0.4, -0.2) is 26.0 Å². The quantitative estimate of drug-likeness (QED) is 0.864. The normalized spacial score (nSPS) is 23.4. The average Bonchev–Trinajstić information content (AvgIpc) is 2.57. The van der Waals surface area contributed by atoms with E-state index in [0.29, 0.717) is 18.5 Å². The zero-order chi connectivity index (χ0) is 11.6. The number of hydrogen-bond donors (Lipinski definition) is 1. The van der Waals surface area contributed by atoms with Gasteiger partial charge in [0.1, 0.15) is 5.82 Å². The van der Waals surface area contributed by atoms with Gasteiger partial charge in [-0.2, -0.15) is 0 Å². The molecule has 1 aromatic rings. The van der Waals surface area contributed by atoms with Crippen LogP contribution < -0.4 is 5.32 Å². The topological polar surface area (TPSA) is 46.2 Å². The Kier molecular flexibility index (Phi) is 3.25. The predicted molar refractivity (Wildman–Crippen MR) is 60.3 cm³/mol. The standard InChI is InChI=1S/C11H14FNO2S/c12-11-4-2-1-3-9(11)7-13-10-5-6-16(14,15)8-10/h1-4,10,13H,5-8H2/t10-/m0/s1. The number of sulfone groups is 1. The Morgan fingerprint density at radius 3 is 2.75 bits per heavy atom. The lowest BCUT2D eigenvalue weighted by atomic mass is 10.2. The Morgan fingerprint density at radius 1 is 1.38 bits per heavy atom. The molecule has 5 heteroatoms. The van der Waals surface area contributed by atoms with Gasteiger partial charge in [-0.3, -0.25) is 0 Å². The van der Waals surface area contributed by atoms with E-state index in [0.717, 1.165) is 0 Å². The Bertz CT molecular complexity index is 473.